The van der Waals surface area contributed by atoms with E-state index in [2.05, 4.69) is 5.43 Å². The normalized spacial score (nSPS) is 41.5. The van der Waals surface area contributed by atoms with Crippen molar-refractivity contribution in [3.8, 4) is 0 Å². The molecule has 2 atom stereocenters. The molecule has 0 radical (unpaired) electrons. The molecule has 1 N–H and O–H groups in total. The van der Waals surface area contributed by atoms with Crippen LogP contribution in [0.4, 0.5) is 0 Å². The molecule has 0 aromatic heterocycles. The van der Waals surface area contributed by atoms with Crippen molar-refractivity contribution in [1.29, 1.82) is 0 Å². The number of hydrazine groups is 1. The van der Waals surface area contributed by atoms with Crippen LogP contribution in [0.2, 0.25) is 0 Å². The van der Waals surface area contributed by atoms with Gasteiger partial charge in [0.15, 0.2) is 9.84 Å². The second kappa shape index (κ2) is 2.18. The largest absolute Gasteiger partial charge is 0.258 e. The van der Waals surface area contributed by atoms with Crippen LogP contribution in [0, 0.1) is 0 Å². The molecule has 2 saturated heterocycles. The molecule has 0 spiro atoms. The zero-order valence-corrected chi connectivity index (χ0v) is 7.26. The maximum absolute atomic E-state index is 11.2. The van der Waals surface area contributed by atoms with Gasteiger partial charge in [-0.1, -0.05) is 0 Å². The van der Waals surface area contributed by atoms with Crippen LogP contribution in [-0.4, -0.2) is 44.1 Å². The number of rotatable bonds is 1. The zero-order valence-electron chi connectivity index (χ0n) is 6.45. The summed E-state index contributed by atoms with van der Waals surface area (Å²) in [5, 5.41) is 1.92. The Morgan fingerprint density at radius 2 is 2.27 bits per heavy atom. The molecule has 0 unspecified atom stereocenters. The molecule has 2 bridgehead atoms. The van der Waals surface area contributed by atoms with Gasteiger partial charge in [-0.2, -0.15) is 0 Å². The highest BCUT2D eigenvalue weighted by Crippen LogP contribution is 2.30. The topological polar surface area (TPSA) is 49.4 Å². The molecule has 5 heteroatoms. The van der Waals surface area contributed by atoms with Crippen LogP contribution in [0.5, 0.6) is 0 Å². The van der Waals surface area contributed by atoms with E-state index >= 15 is 0 Å². The number of nitrogens with one attached hydrogen (secondary N) is 1. The summed E-state index contributed by atoms with van der Waals surface area (Å²) in [6.45, 7) is 0.670. The van der Waals surface area contributed by atoms with Gasteiger partial charge in [-0.15, -0.1) is 0 Å². The third-order valence-electron chi connectivity index (χ3n) is 2.60. The lowest BCUT2D eigenvalue weighted by molar-refractivity contribution is 0.199. The fourth-order valence-corrected chi connectivity index (χ4v) is 4.00. The van der Waals surface area contributed by atoms with Gasteiger partial charge in [-0.3, -0.25) is 5.43 Å². The van der Waals surface area contributed by atoms with Crippen LogP contribution >= 0.6 is 0 Å². The number of sulfone groups is 1. The summed E-state index contributed by atoms with van der Waals surface area (Å²) in [7, 11) is -0.871. The maximum atomic E-state index is 11.2. The molecule has 2 heterocycles. The molecule has 2 aliphatic heterocycles. The third kappa shape index (κ3) is 0.988. The van der Waals surface area contributed by atoms with Crippen molar-refractivity contribution < 1.29 is 8.42 Å². The second-order valence-corrected chi connectivity index (χ2v) is 5.54. The molecule has 4 nitrogen and oxygen atoms in total. The van der Waals surface area contributed by atoms with E-state index in [1.54, 1.807) is 0 Å². The van der Waals surface area contributed by atoms with Crippen molar-refractivity contribution in [2.75, 3.05) is 19.3 Å². The molecule has 2 fully saturated rings. The van der Waals surface area contributed by atoms with Gasteiger partial charge in [-0.25, -0.2) is 13.4 Å². The van der Waals surface area contributed by atoms with Crippen molar-refractivity contribution in [2.45, 2.75) is 17.7 Å². The summed E-state index contributed by atoms with van der Waals surface area (Å²) in [6, 6.07) is 0.231. The molecule has 64 valence electrons. The first-order chi connectivity index (χ1) is 5.13. The Kier molecular flexibility index (Phi) is 1.49. The SMILES string of the molecule is CNN1C[C@H]2C[C@@H]1CS2(=O)=O. The molecular weight excluding hydrogens is 164 g/mol. The first-order valence-corrected chi connectivity index (χ1v) is 5.50. The summed E-state index contributed by atoms with van der Waals surface area (Å²) < 4.78 is 22.5. The van der Waals surface area contributed by atoms with Gasteiger partial charge in [0.1, 0.15) is 0 Å². The van der Waals surface area contributed by atoms with Gasteiger partial charge in [0.25, 0.3) is 0 Å². The average Bonchev–Trinajstić information content (AvgIpc) is 2.41. The van der Waals surface area contributed by atoms with Gasteiger partial charge in [0, 0.05) is 12.6 Å². The second-order valence-electron chi connectivity index (χ2n) is 3.22. The smallest absolute Gasteiger partial charge is 0.156 e. The van der Waals surface area contributed by atoms with Crippen molar-refractivity contribution in [3.05, 3.63) is 0 Å². The zero-order chi connectivity index (χ0) is 8.06. The molecule has 2 aliphatic rings. The van der Waals surface area contributed by atoms with E-state index < -0.39 is 9.84 Å². The Morgan fingerprint density at radius 3 is 2.64 bits per heavy atom. The first kappa shape index (κ1) is 7.52. The Morgan fingerprint density at radius 1 is 1.55 bits per heavy atom. The summed E-state index contributed by atoms with van der Waals surface area (Å²) >= 11 is 0. The van der Waals surface area contributed by atoms with Gasteiger partial charge in [0.2, 0.25) is 0 Å². The number of fused-ring (bicyclic) bond motifs is 2. The molecule has 0 amide bonds. The summed E-state index contributed by atoms with van der Waals surface area (Å²) in [6.07, 6.45) is 0.823. The van der Waals surface area contributed by atoms with Crippen LogP contribution < -0.4 is 5.43 Å². The van der Waals surface area contributed by atoms with E-state index in [0.29, 0.717) is 12.3 Å². The minimum absolute atomic E-state index is 0.0973. The summed E-state index contributed by atoms with van der Waals surface area (Å²) in [5.41, 5.74) is 3.00. The highest BCUT2D eigenvalue weighted by atomic mass is 32.2. The van der Waals surface area contributed by atoms with Gasteiger partial charge in [-0.05, 0) is 13.5 Å². The highest BCUT2D eigenvalue weighted by molar-refractivity contribution is 7.92. The van der Waals surface area contributed by atoms with E-state index in [1.807, 2.05) is 12.1 Å². The van der Waals surface area contributed by atoms with Crippen molar-refractivity contribution in [1.82, 2.24) is 10.4 Å². The lowest BCUT2D eigenvalue weighted by Crippen LogP contribution is -2.46. The van der Waals surface area contributed by atoms with E-state index in [0.717, 1.165) is 6.42 Å². The summed E-state index contributed by atoms with van der Waals surface area (Å²) in [4.78, 5) is 0. The molecule has 0 saturated carbocycles. The highest BCUT2D eigenvalue weighted by Gasteiger charge is 2.47. The van der Waals surface area contributed by atoms with E-state index in [-0.39, 0.29) is 11.3 Å². The lowest BCUT2D eigenvalue weighted by atomic mass is 10.3. The fraction of sp³-hybridized carbons (Fsp3) is 1.00. The van der Waals surface area contributed by atoms with E-state index in [4.69, 9.17) is 0 Å². The Labute approximate surface area is 66.5 Å². The predicted molar refractivity (Wildman–Crippen MR) is 41.7 cm³/mol. The Bertz CT molecular complexity index is 262. The third-order valence-corrected chi connectivity index (χ3v) is 4.80. The van der Waals surface area contributed by atoms with Crippen LogP contribution in [0.3, 0.4) is 0 Å². The molecule has 0 aliphatic carbocycles. The standard InChI is InChI=1S/C6H12N2O2S/c1-7-8-3-6-2-5(8)4-11(6,9)10/h5-7H,2-4H2,1H3/t5-,6-/m1/s1. The van der Waals surface area contributed by atoms with Crippen molar-refractivity contribution in [2.24, 2.45) is 0 Å². The van der Waals surface area contributed by atoms with Gasteiger partial charge >= 0.3 is 0 Å². The minimum atomic E-state index is -2.71. The van der Waals surface area contributed by atoms with Crippen LogP contribution in [-0.2, 0) is 9.84 Å². The first-order valence-electron chi connectivity index (χ1n) is 3.79. The van der Waals surface area contributed by atoms with Crippen molar-refractivity contribution >= 4 is 9.84 Å². The Balaban J connectivity index is 2.21. The molecule has 11 heavy (non-hydrogen) atoms. The van der Waals surface area contributed by atoms with E-state index in [1.165, 1.54) is 0 Å². The van der Waals surface area contributed by atoms with Crippen LogP contribution in [0.25, 0.3) is 0 Å². The van der Waals surface area contributed by atoms with Crippen LogP contribution in [0.1, 0.15) is 6.42 Å². The van der Waals surface area contributed by atoms with Gasteiger partial charge < -0.3 is 0 Å². The number of hydrogen-bond donors (Lipinski definition) is 1. The maximum Gasteiger partial charge on any atom is 0.156 e. The monoisotopic (exact) mass is 176 g/mol. The molecule has 0 aromatic rings. The predicted octanol–water partition coefficient (Wildman–Crippen LogP) is -1.01. The fourth-order valence-electron chi connectivity index (χ4n) is 1.97. The Hall–Kier alpha value is -0.130. The molecular formula is C6H12N2O2S. The number of hydrogen-bond acceptors (Lipinski definition) is 4. The molecule has 2 rings (SSSR count). The van der Waals surface area contributed by atoms with E-state index in [9.17, 15) is 8.42 Å². The van der Waals surface area contributed by atoms with Gasteiger partial charge in [0.05, 0.1) is 11.0 Å². The average molecular weight is 176 g/mol. The lowest BCUT2D eigenvalue weighted by Gasteiger charge is -2.24. The minimum Gasteiger partial charge on any atom is -0.258 e. The van der Waals surface area contributed by atoms with Crippen LogP contribution in [0.15, 0.2) is 0 Å². The van der Waals surface area contributed by atoms with Crippen molar-refractivity contribution in [3.63, 3.8) is 0 Å². The number of nitrogens with zero attached hydrogens (tertiary/aromatic N) is 1. The summed E-state index contributed by atoms with van der Waals surface area (Å²) in [5.74, 6) is 0.346. The quantitative estimate of drug-likeness (QED) is 0.556. The molecule has 0 aromatic carbocycles.